The number of para-hydroxylation sites is 1. The van der Waals surface area contributed by atoms with Crippen molar-refractivity contribution in [3.63, 3.8) is 0 Å². The summed E-state index contributed by atoms with van der Waals surface area (Å²) >= 11 is 0. The third-order valence-electron chi connectivity index (χ3n) is 5.64. The molecule has 1 atom stereocenters. The highest BCUT2D eigenvalue weighted by atomic mass is 35.5. The summed E-state index contributed by atoms with van der Waals surface area (Å²) in [6, 6.07) is 14.4. The van der Waals surface area contributed by atoms with Crippen LogP contribution < -0.4 is 4.74 Å². The summed E-state index contributed by atoms with van der Waals surface area (Å²) in [5.41, 5.74) is 3.12. The van der Waals surface area contributed by atoms with Crippen LogP contribution in [0, 0.1) is 5.92 Å². The van der Waals surface area contributed by atoms with E-state index in [2.05, 4.69) is 23.2 Å². The quantitative estimate of drug-likeness (QED) is 0.513. The Kier molecular flexibility index (Phi) is 4.63. The van der Waals surface area contributed by atoms with E-state index in [1.165, 1.54) is 10.8 Å². The minimum Gasteiger partial charge on any atom is -0.489 e. The molecule has 4 heterocycles. The van der Waals surface area contributed by atoms with Gasteiger partial charge in [-0.1, -0.05) is 18.2 Å². The van der Waals surface area contributed by atoms with Gasteiger partial charge >= 0.3 is 0 Å². The number of benzene rings is 2. The number of rotatable bonds is 3. The average molecular weight is 373 g/mol. The summed E-state index contributed by atoms with van der Waals surface area (Å²) in [6.45, 7) is 2.20. The summed E-state index contributed by atoms with van der Waals surface area (Å²) in [4.78, 5) is 5.36. The molecular formula is C21H22ClFN2O. The number of hydrogen-bond donors (Lipinski definition) is 1. The van der Waals surface area contributed by atoms with E-state index >= 15 is 0 Å². The SMILES string of the molecule is Cl.FC1C(=CCOc2ccc3c(c2)[nH]c2ccccc23)C2CCN1CC2. The number of nitrogens with zero attached hydrogens (tertiary/aromatic N) is 1. The second kappa shape index (κ2) is 6.93. The first kappa shape index (κ1) is 17.4. The Labute approximate surface area is 158 Å². The van der Waals surface area contributed by atoms with Gasteiger partial charge in [-0.3, -0.25) is 4.90 Å². The van der Waals surface area contributed by atoms with Crippen LogP contribution in [0.1, 0.15) is 12.8 Å². The van der Waals surface area contributed by atoms with E-state index in [1.54, 1.807) is 0 Å². The number of aromatic nitrogens is 1. The van der Waals surface area contributed by atoms with Gasteiger partial charge < -0.3 is 9.72 Å². The van der Waals surface area contributed by atoms with Crippen LogP contribution in [0.15, 0.2) is 54.1 Å². The van der Waals surface area contributed by atoms with Crippen molar-refractivity contribution in [3.05, 3.63) is 54.1 Å². The molecule has 3 fully saturated rings. The Hall–Kier alpha value is -2.04. The molecule has 6 rings (SSSR count). The van der Waals surface area contributed by atoms with Crippen LogP contribution in [0.4, 0.5) is 4.39 Å². The maximum atomic E-state index is 14.4. The first-order chi connectivity index (χ1) is 12.3. The van der Waals surface area contributed by atoms with Crippen LogP contribution in [-0.2, 0) is 0 Å². The Morgan fingerprint density at radius 3 is 2.65 bits per heavy atom. The molecule has 26 heavy (non-hydrogen) atoms. The van der Waals surface area contributed by atoms with E-state index in [4.69, 9.17) is 4.74 Å². The second-order valence-corrected chi connectivity index (χ2v) is 7.04. The van der Waals surface area contributed by atoms with Gasteiger partial charge in [0.2, 0.25) is 0 Å². The number of nitrogens with one attached hydrogen (secondary N) is 1. The fourth-order valence-corrected chi connectivity index (χ4v) is 4.29. The Bertz CT molecular complexity index is 955. The molecule has 3 saturated heterocycles. The fourth-order valence-electron chi connectivity index (χ4n) is 4.29. The Balaban J connectivity index is 0.00000168. The third-order valence-corrected chi connectivity index (χ3v) is 5.64. The van der Waals surface area contributed by atoms with E-state index in [0.717, 1.165) is 48.3 Å². The first-order valence-electron chi connectivity index (χ1n) is 9.01. The zero-order valence-corrected chi connectivity index (χ0v) is 15.3. The number of halogens is 2. The lowest BCUT2D eigenvalue weighted by atomic mass is 9.83. The van der Waals surface area contributed by atoms with Gasteiger partial charge in [0.15, 0.2) is 6.30 Å². The van der Waals surface area contributed by atoms with Crippen molar-refractivity contribution in [2.75, 3.05) is 19.7 Å². The minimum atomic E-state index is -0.910. The van der Waals surface area contributed by atoms with Crippen LogP contribution >= 0.6 is 12.4 Å². The molecule has 1 N–H and O–H groups in total. The normalized spacial score (nSPS) is 26.3. The number of hydrogen-bond acceptors (Lipinski definition) is 2. The average Bonchev–Trinajstić information content (AvgIpc) is 3.02. The lowest BCUT2D eigenvalue weighted by Crippen LogP contribution is -2.48. The Morgan fingerprint density at radius 1 is 1.08 bits per heavy atom. The number of piperidine rings is 3. The molecule has 3 aromatic rings. The van der Waals surface area contributed by atoms with Crippen molar-refractivity contribution in [2.24, 2.45) is 5.92 Å². The van der Waals surface area contributed by atoms with Crippen molar-refractivity contribution in [1.82, 2.24) is 9.88 Å². The van der Waals surface area contributed by atoms with E-state index in [0.29, 0.717) is 12.5 Å². The monoisotopic (exact) mass is 372 g/mol. The smallest absolute Gasteiger partial charge is 0.175 e. The number of H-pyrrole nitrogens is 1. The summed E-state index contributed by atoms with van der Waals surface area (Å²) in [5, 5.41) is 2.42. The molecule has 2 bridgehead atoms. The predicted octanol–water partition coefficient (Wildman–Crippen LogP) is 5.07. The lowest BCUT2D eigenvalue weighted by Gasteiger charge is -2.43. The van der Waals surface area contributed by atoms with E-state index in [-0.39, 0.29) is 12.4 Å². The van der Waals surface area contributed by atoms with E-state index in [9.17, 15) is 4.39 Å². The topological polar surface area (TPSA) is 28.3 Å². The molecule has 0 aliphatic carbocycles. The zero-order chi connectivity index (χ0) is 16.8. The first-order valence-corrected chi connectivity index (χ1v) is 9.01. The van der Waals surface area contributed by atoms with Gasteiger partial charge in [-0.2, -0.15) is 0 Å². The second-order valence-electron chi connectivity index (χ2n) is 7.04. The molecule has 3 aliphatic rings. The van der Waals surface area contributed by atoms with Crippen molar-refractivity contribution in [2.45, 2.75) is 19.1 Å². The Morgan fingerprint density at radius 2 is 1.85 bits per heavy atom. The molecule has 0 saturated carbocycles. The summed E-state index contributed by atoms with van der Waals surface area (Å²) in [7, 11) is 0. The largest absolute Gasteiger partial charge is 0.489 e. The van der Waals surface area contributed by atoms with Gasteiger partial charge in [-0.25, -0.2) is 4.39 Å². The van der Waals surface area contributed by atoms with Crippen LogP contribution in [0.2, 0.25) is 0 Å². The van der Waals surface area contributed by atoms with Gasteiger partial charge in [-0.15, -0.1) is 12.4 Å². The third kappa shape index (κ3) is 2.87. The number of fused-ring (bicyclic) bond motifs is 6. The molecule has 0 spiro atoms. The molecule has 0 radical (unpaired) electrons. The van der Waals surface area contributed by atoms with Crippen molar-refractivity contribution >= 4 is 34.2 Å². The standard InChI is InChI=1S/C21H21FN2O.ClH/c22-21-16(14-7-10-24(21)11-8-14)9-12-25-15-5-6-18-17-3-1-2-4-19(17)23-20(18)13-15;/h1-6,9,13-14,21,23H,7-8,10-12H2;1H. The van der Waals surface area contributed by atoms with Crippen molar-refractivity contribution < 1.29 is 9.13 Å². The van der Waals surface area contributed by atoms with Gasteiger partial charge in [0, 0.05) is 35.4 Å². The molecule has 1 aromatic heterocycles. The molecule has 3 aliphatic heterocycles. The van der Waals surface area contributed by atoms with Crippen molar-refractivity contribution in [3.8, 4) is 5.75 Å². The fraction of sp³-hybridized carbons (Fsp3) is 0.333. The lowest BCUT2D eigenvalue weighted by molar-refractivity contribution is 0.0267. The van der Waals surface area contributed by atoms with Gasteiger partial charge in [0.1, 0.15) is 12.4 Å². The van der Waals surface area contributed by atoms with Gasteiger partial charge in [0.25, 0.3) is 0 Å². The maximum Gasteiger partial charge on any atom is 0.175 e. The highest BCUT2D eigenvalue weighted by Gasteiger charge is 2.37. The number of ether oxygens (including phenoxy) is 1. The maximum absolute atomic E-state index is 14.4. The van der Waals surface area contributed by atoms with Crippen LogP contribution in [0.3, 0.4) is 0 Å². The van der Waals surface area contributed by atoms with Gasteiger partial charge in [0.05, 0.1) is 5.52 Å². The van der Waals surface area contributed by atoms with Crippen molar-refractivity contribution in [1.29, 1.82) is 0 Å². The number of alkyl halides is 1. The molecule has 3 nitrogen and oxygen atoms in total. The molecular weight excluding hydrogens is 351 g/mol. The highest BCUT2D eigenvalue weighted by molar-refractivity contribution is 6.07. The van der Waals surface area contributed by atoms with E-state index in [1.807, 2.05) is 35.2 Å². The molecule has 136 valence electrons. The predicted molar refractivity (Wildman–Crippen MR) is 106 cm³/mol. The molecule has 5 heteroatoms. The van der Waals surface area contributed by atoms with Crippen LogP contribution in [0.5, 0.6) is 5.75 Å². The number of aromatic amines is 1. The van der Waals surface area contributed by atoms with Crippen LogP contribution in [-0.4, -0.2) is 35.9 Å². The zero-order valence-electron chi connectivity index (χ0n) is 14.5. The summed E-state index contributed by atoms with van der Waals surface area (Å²) in [6.07, 6.45) is 3.20. The molecule has 0 amide bonds. The molecule has 1 unspecified atom stereocenters. The van der Waals surface area contributed by atoms with Crippen LogP contribution in [0.25, 0.3) is 21.8 Å². The van der Waals surface area contributed by atoms with Gasteiger partial charge in [-0.05, 0) is 48.6 Å². The minimum absolute atomic E-state index is 0. The summed E-state index contributed by atoms with van der Waals surface area (Å²) in [5.74, 6) is 1.22. The van der Waals surface area contributed by atoms with E-state index < -0.39 is 6.30 Å². The summed E-state index contributed by atoms with van der Waals surface area (Å²) < 4.78 is 20.3. The highest BCUT2D eigenvalue weighted by Crippen LogP contribution is 2.37. The molecule has 2 aromatic carbocycles.